The normalized spacial score (nSPS) is 17.7. The summed E-state index contributed by atoms with van der Waals surface area (Å²) in [6.45, 7) is 5.83. The second-order valence-corrected chi connectivity index (χ2v) is 5.88. The van der Waals surface area contributed by atoms with Crippen LogP contribution < -0.4 is 15.8 Å². The molecule has 1 fully saturated rings. The van der Waals surface area contributed by atoms with Gasteiger partial charge >= 0.3 is 0 Å². The Balaban J connectivity index is 0.00000264. The van der Waals surface area contributed by atoms with E-state index in [4.69, 9.17) is 15.2 Å². The minimum Gasteiger partial charge on any atom is -0.494 e. The first-order valence-electron chi connectivity index (χ1n) is 7.95. The molecule has 0 bridgehead atoms. The zero-order chi connectivity index (χ0) is 16.0. The molecule has 0 radical (unpaired) electrons. The van der Waals surface area contributed by atoms with Crippen LogP contribution in [0.2, 0.25) is 0 Å². The Labute approximate surface area is 144 Å². The highest BCUT2D eigenvalue weighted by atomic mass is 35.5. The van der Waals surface area contributed by atoms with E-state index in [2.05, 4.69) is 12.2 Å². The molecule has 2 rings (SSSR count). The van der Waals surface area contributed by atoms with Crippen molar-refractivity contribution >= 4 is 18.3 Å². The maximum atomic E-state index is 12.4. The number of carbonyl (C=O) groups is 1. The number of amides is 1. The highest BCUT2D eigenvalue weighted by Gasteiger charge is 2.36. The third kappa shape index (κ3) is 5.37. The summed E-state index contributed by atoms with van der Waals surface area (Å²) < 4.78 is 10.8. The van der Waals surface area contributed by atoms with E-state index in [1.165, 1.54) is 0 Å². The average Bonchev–Trinajstić information content (AvgIpc) is 2.54. The number of hydrogen-bond donors (Lipinski definition) is 2. The average molecular weight is 343 g/mol. The number of rotatable bonds is 6. The van der Waals surface area contributed by atoms with Crippen molar-refractivity contribution in [1.82, 2.24) is 5.32 Å². The molecule has 1 aliphatic rings. The molecule has 1 heterocycles. The molecule has 5 nitrogen and oxygen atoms in total. The molecule has 1 aromatic rings. The lowest BCUT2D eigenvalue weighted by atomic mass is 9.90. The number of halogens is 1. The van der Waals surface area contributed by atoms with Gasteiger partial charge in [0.1, 0.15) is 5.75 Å². The summed E-state index contributed by atoms with van der Waals surface area (Å²) in [5, 5.41) is 3.01. The third-order valence-electron chi connectivity index (χ3n) is 4.04. The molecule has 1 saturated heterocycles. The fourth-order valence-corrected chi connectivity index (χ4v) is 2.46. The lowest BCUT2D eigenvalue weighted by Crippen LogP contribution is -2.57. The molecule has 1 atom stereocenters. The first-order chi connectivity index (χ1) is 10.5. The lowest BCUT2D eigenvalue weighted by molar-refractivity contribution is -0.130. The molecule has 1 unspecified atom stereocenters. The van der Waals surface area contributed by atoms with Crippen molar-refractivity contribution < 1.29 is 14.3 Å². The first kappa shape index (κ1) is 19.7. The molecule has 0 saturated carbocycles. The Bertz CT molecular complexity index is 487. The van der Waals surface area contributed by atoms with Gasteiger partial charge in [-0.25, -0.2) is 0 Å². The predicted octanol–water partition coefficient (Wildman–Crippen LogP) is 2.58. The van der Waals surface area contributed by atoms with Crippen LogP contribution in [0.5, 0.6) is 5.75 Å². The predicted molar refractivity (Wildman–Crippen MR) is 93.0 cm³/mol. The Morgan fingerprint density at radius 1 is 1.35 bits per heavy atom. The van der Waals surface area contributed by atoms with Crippen LogP contribution in [0.4, 0.5) is 0 Å². The van der Waals surface area contributed by atoms with E-state index in [0.717, 1.165) is 17.7 Å². The smallest absolute Gasteiger partial charge is 0.240 e. The minimum atomic E-state index is -0.809. The molecule has 6 heteroatoms. The molecule has 0 aliphatic carbocycles. The maximum Gasteiger partial charge on any atom is 0.240 e. The second-order valence-electron chi connectivity index (χ2n) is 5.88. The van der Waals surface area contributed by atoms with Crippen LogP contribution in [0.25, 0.3) is 0 Å². The van der Waals surface area contributed by atoms with Crippen molar-refractivity contribution in [3.63, 3.8) is 0 Å². The standard InChI is InChI=1S/C17H26N2O3.ClH/c1-3-10-22-15-6-4-14(5-7-15)13(2)19-16(20)17(18)8-11-21-12-9-17;/h4-7,13H,3,8-12,18H2,1-2H3,(H,19,20);1H. The fourth-order valence-electron chi connectivity index (χ4n) is 2.46. The number of benzene rings is 1. The number of nitrogens with two attached hydrogens (primary N) is 1. The van der Waals surface area contributed by atoms with E-state index in [-0.39, 0.29) is 24.4 Å². The van der Waals surface area contributed by atoms with Gasteiger partial charge in [-0.1, -0.05) is 19.1 Å². The summed E-state index contributed by atoms with van der Waals surface area (Å²) in [6, 6.07) is 7.73. The van der Waals surface area contributed by atoms with Crippen molar-refractivity contribution in [1.29, 1.82) is 0 Å². The summed E-state index contributed by atoms with van der Waals surface area (Å²) in [5.74, 6) is 0.749. The third-order valence-corrected chi connectivity index (χ3v) is 4.04. The molecule has 23 heavy (non-hydrogen) atoms. The van der Waals surface area contributed by atoms with Gasteiger partial charge in [0.25, 0.3) is 0 Å². The summed E-state index contributed by atoms with van der Waals surface area (Å²) in [5.41, 5.74) is 6.42. The number of hydrogen-bond acceptors (Lipinski definition) is 4. The van der Waals surface area contributed by atoms with Crippen molar-refractivity contribution in [2.24, 2.45) is 5.73 Å². The van der Waals surface area contributed by atoms with Crippen LogP contribution in [-0.2, 0) is 9.53 Å². The summed E-state index contributed by atoms with van der Waals surface area (Å²) in [4.78, 5) is 12.4. The van der Waals surface area contributed by atoms with Gasteiger partial charge in [0.2, 0.25) is 5.91 Å². The van der Waals surface area contributed by atoms with Crippen LogP contribution in [-0.4, -0.2) is 31.3 Å². The summed E-state index contributed by atoms with van der Waals surface area (Å²) in [6.07, 6.45) is 2.11. The molecule has 1 amide bonds. The molecule has 1 aromatic carbocycles. The quantitative estimate of drug-likeness (QED) is 0.833. The highest BCUT2D eigenvalue weighted by Crippen LogP contribution is 2.21. The summed E-state index contributed by atoms with van der Waals surface area (Å²) in [7, 11) is 0. The van der Waals surface area contributed by atoms with Gasteiger partial charge in [0, 0.05) is 13.2 Å². The van der Waals surface area contributed by atoms with Gasteiger partial charge in [-0.2, -0.15) is 0 Å². The first-order valence-corrected chi connectivity index (χ1v) is 7.95. The molecule has 3 N–H and O–H groups in total. The minimum absolute atomic E-state index is 0. The number of ether oxygens (including phenoxy) is 2. The van der Waals surface area contributed by atoms with E-state index in [1.54, 1.807) is 0 Å². The molecule has 130 valence electrons. The molecule has 0 aromatic heterocycles. The molecule has 1 aliphatic heterocycles. The highest BCUT2D eigenvalue weighted by molar-refractivity contribution is 5.86. The van der Waals surface area contributed by atoms with E-state index >= 15 is 0 Å². The van der Waals surface area contributed by atoms with Crippen molar-refractivity contribution in [2.45, 2.75) is 44.7 Å². The van der Waals surface area contributed by atoms with Gasteiger partial charge in [0.15, 0.2) is 0 Å². The van der Waals surface area contributed by atoms with Crippen molar-refractivity contribution in [2.75, 3.05) is 19.8 Å². The number of carbonyl (C=O) groups excluding carboxylic acids is 1. The molecule has 0 spiro atoms. The zero-order valence-corrected chi connectivity index (χ0v) is 14.7. The van der Waals surface area contributed by atoms with Gasteiger partial charge < -0.3 is 20.5 Å². The largest absolute Gasteiger partial charge is 0.494 e. The zero-order valence-electron chi connectivity index (χ0n) is 13.8. The van der Waals surface area contributed by atoms with Gasteiger partial charge in [-0.3, -0.25) is 4.79 Å². The Kier molecular flexibility index (Phi) is 7.82. The van der Waals surface area contributed by atoms with E-state index in [9.17, 15) is 4.79 Å². The van der Waals surface area contributed by atoms with Gasteiger partial charge in [0.05, 0.1) is 18.2 Å². The monoisotopic (exact) mass is 342 g/mol. The van der Waals surface area contributed by atoms with Crippen LogP contribution in [0.1, 0.15) is 44.7 Å². The second kappa shape index (κ2) is 9.11. The van der Waals surface area contributed by atoms with Crippen molar-refractivity contribution in [3.05, 3.63) is 29.8 Å². The van der Waals surface area contributed by atoms with Gasteiger partial charge in [-0.15, -0.1) is 12.4 Å². The lowest BCUT2D eigenvalue weighted by Gasteiger charge is -2.33. The van der Waals surface area contributed by atoms with Crippen LogP contribution in [0.15, 0.2) is 24.3 Å². The van der Waals surface area contributed by atoms with E-state index in [0.29, 0.717) is 32.7 Å². The fraction of sp³-hybridized carbons (Fsp3) is 0.588. The van der Waals surface area contributed by atoms with Crippen LogP contribution in [0.3, 0.4) is 0 Å². The SMILES string of the molecule is CCCOc1ccc(C(C)NC(=O)C2(N)CCOCC2)cc1.Cl. The topological polar surface area (TPSA) is 73.6 Å². The Morgan fingerprint density at radius 3 is 2.52 bits per heavy atom. The molecular weight excluding hydrogens is 316 g/mol. The number of nitrogens with one attached hydrogen (secondary N) is 1. The summed E-state index contributed by atoms with van der Waals surface area (Å²) >= 11 is 0. The van der Waals surface area contributed by atoms with E-state index in [1.807, 2.05) is 31.2 Å². The van der Waals surface area contributed by atoms with Crippen molar-refractivity contribution in [3.8, 4) is 5.75 Å². The van der Waals surface area contributed by atoms with Gasteiger partial charge in [-0.05, 0) is 43.9 Å². The van der Waals surface area contributed by atoms with E-state index < -0.39 is 5.54 Å². The Morgan fingerprint density at radius 2 is 1.96 bits per heavy atom. The van der Waals surface area contributed by atoms with Crippen LogP contribution >= 0.6 is 12.4 Å². The maximum absolute atomic E-state index is 12.4. The van der Waals surface area contributed by atoms with Crippen LogP contribution in [0, 0.1) is 0 Å². The Hall–Kier alpha value is -1.30. The molecular formula is C17H27ClN2O3.